The van der Waals surface area contributed by atoms with Gasteiger partial charge in [-0.25, -0.2) is 4.99 Å². The minimum absolute atomic E-state index is 0.257. The van der Waals surface area contributed by atoms with Crippen LogP contribution in [0.1, 0.15) is 37.7 Å². The Hall–Kier alpha value is -3.22. The first kappa shape index (κ1) is 16.9. The van der Waals surface area contributed by atoms with Crippen molar-refractivity contribution in [1.29, 1.82) is 0 Å². The second kappa shape index (κ2) is 6.44. The number of hydrogen-bond donors (Lipinski definition) is 2. The van der Waals surface area contributed by atoms with Crippen LogP contribution in [0, 0.1) is 0 Å². The Morgan fingerprint density at radius 1 is 0.929 bits per heavy atom. The third kappa shape index (κ3) is 2.74. The van der Waals surface area contributed by atoms with Crippen LogP contribution in [-0.2, 0) is 6.61 Å². The van der Waals surface area contributed by atoms with Gasteiger partial charge in [0.2, 0.25) is 11.9 Å². The number of fused-ring (bicyclic) bond motifs is 2. The monoisotopic (exact) mass is 377 g/mol. The van der Waals surface area contributed by atoms with Crippen molar-refractivity contribution in [2.75, 3.05) is 4.90 Å². The second-order valence-corrected chi connectivity index (χ2v) is 7.45. The molecule has 1 spiro atoms. The van der Waals surface area contributed by atoms with Crippen LogP contribution in [0.3, 0.4) is 0 Å². The van der Waals surface area contributed by atoms with E-state index in [1.807, 2.05) is 41.3 Å². The maximum absolute atomic E-state index is 6.34. The lowest BCUT2D eigenvalue weighted by Crippen LogP contribution is -2.58. The largest absolute Gasteiger partial charge is 0.485 e. The highest BCUT2D eigenvalue weighted by molar-refractivity contribution is 6.05. The number of para-hydroxylation sites is 2. The standard InChI is InChI=1S/C21H23N5O2/c22-19-24-20(23)26(21(25-19)10-4-1-5-11-21)15-8-9-16-14(12-15)13-27-17-6-2-3-7-18(17)28-16/h2-3,6-9,12H,1,4-5,10-11,13H2,(H4,22,23,24,25). The van der Waals surface area contributed by atoms with E-state index in [2.05, 4.69) is 11.1 Å². The summed E-state index contributed by atoms with van der Waals surface area (Å²) in [4.78, 5) is 11.0. The molecule has 0 saturated heterocycles. The van der Waals surface area contributed by atoms with Crippen molar-refractivity contribution < 1.29 is 9.47 Å². The van der Waals surface area contributed by atoms with Gasteiger partial charge in [0.1, 0.15) is 18.0 Å². The zero-order valence-electron chi connectivity index (χ0n) is 15.6. The van der Waals surface area contributed by atoms with E-state index in [1.54, 1.807) is 0 Å². The van der Waals surface area contributed by atoms with Crippen LogP contribution >= 0.6 is 0 Å². The first-order valence-corrected chi connectivity index (χ1v) is 9.67. The van der Waals surface area contributed by atoms with Gasteiger partial charge in [-0.2, -0.15) is 4.99 Å². The molecule has 2 aromatic rings. The van der Waals surface area contributed by atoms with Crippen molar-refractivity contribution in [3.63, 3.8) is 0 Å². The lowest BCUT2D eigenvalue weighted by atomic mass is 9.87. The van der Waals surface area contributed by atoms with Gasteiger partial charge in [0, 0.05) is 11.3 Å². The van der Waals surface area contributed by atoms with Crippen LogP contribution in [0.2, 0.25) is 0 Å². The predicted octanol–water partition coefficient (Wildman–Crippen LogP) is 3.48. The number of nitrogens with zero attached hydrogens (tertiary/aromatic N) is 3. The molecule has 1 fully saturated rings. The molecule has 7 nitrogen and oxygen atoms in total. The van der Waals surface area contributed by atoms with Crippen LogP contribution in [-0.4, -0.2) is 17.6 Å². The van der Waals surface area contributed by atoms with Crippen LogP contribution < -0.4 is 25.8 Å². The Morgan fingerprint density at radius 3 is 2.54 bits per heavy atom. The fourth-order valence-corrected chi connectivity index (χ4v) is 4.34. The summed E-state index contributed by atoms with van der Waals surface area (Å²) in [5.41, 5.74) is 13.7. The molecule has 7 heteroatoms. The van der Waals surface area contributed by atoms with E-state index in [0.717, 1.165) is 48.4 Å². The summed E-state index contributed by atoms with van der Waals surface area (Å²) >= 11 is 0. The first-order valence-electron chi connectivity index (χ1n) is 9.67. The summed E-state index contributed by atoms with van der Waals surface area (Å²) < 4.78 is 12.0. The first-order chi connectivity index (χ1) is 13.6. The predicted molar refractivity (Wildman–Crippen MR) is 109 cm³/mol. The van der Waals surface area contributed by atoms with Crippen LogP contribution in [0.25, 0.3) is 0 Å². The molecular weight excluding hydrogens is 354 g/mol. The zero-order valence-corrected chi connectivity index (χ0v) is 15.6. The number of guanidine groups is 2. The Morgan fingerprint density at radius 2 is 1.71 bits per heavy atom. The fourth-order valence-electron chi connectivity index (χ4n) is 4.34. The third-order valence-electron chi connectivity index (χ3n) is 5.61. The smallest absolute Gasteiger partial charge is 0.220 e. The number of ether oxygens (including phenoxy) is 2. The average Bonchev–Trinajstić information content (AvgIpc) is 2.87. The normalized spacial score (nSPS) is 20.1. The van der Waals surface area contributed by atoms with E-state index in [4.69, 9.17) is 25.9 Å². The number of anilines is 1. The molecular formula is C21H23N5O2. The van der Waals surface area contributed by atoms with Gasteiger partial charge in [0.15, 0.2) is 11.5 Å². The molecule has 144 valence electrons. The quantitative estimate of drug-likeness (QED) is 0.793. The molecule has 1 saturated carbocycles. The molecule has 4 N–H and O–H groups in total. The number of aliphatic imine (C=N–C) groups is 2. The summed E-state index contributed by atoms with van der Waals surface area (Å²) in [5, 5.41) is 0. The second-order valence-electron chi connectivity index (χ2n) is 7.45. The molecule has 0 bridgehead atoms. The maximum atomic E-state index is 6.34. The van der Waals surface area contributed by atoms with Gasteiger partial charge >= 0.3 is 0 Å². The molecule has 0 aromatic heterocycles. The Bertz CT molecular complexity index is 979. The van der Waals surface area contributed by atoms with Gasteiger partial charge in [0.05, 0.1) is 0 Å². The Balaban J connectivity index is 1.54. The summed E-state index contributed by atoms with van der Waals surface area (Å²) in [7, 11) is 0. The third-order valence-corrected chi connectivity index (χ3v) is 5.61. The van der Waals surface area contributed by atoms with Gasteiger partial charge in [-0.3, -0.25) is 4.90 Å². The van der Waals surface area contributed by atoms with Crippen molar-refractivity contribution in [3.05, 3.63) is 48.0 Å². The van der Waals surface area contributed by atoms with Crippen molar-refractivity contribution >= 4 is 17.6 Å². The highest BCUT2D eigenvalue weighted by atomic mass is 16.5. The molecule has 2 aliphatic heterocycles. The van der Waals surface area contributed by atoms with Crippen molar-refractivity contribution in [2.24, 2.45) is 21.5 Å². The topological polar surface area (TPSA) is 98.5 Å². The van der Waals surface area contributed by atoms with E-state index >= 15 is 0 Å². The van der Waals surface area contributed by atoms with Gasteiger partial charge < -0.3 is 20.9 Å². The van der Waals surface area contributed by atoms with E-state index < -0.39 is 5.66 Å². The van der Waals surface area contributed by atoms with Gasteiger partial charge in [-0.15, -0.1) is 0 Å². The van der Waals surface area contributed by atoms with E-state index in [0.29, 0.717) is 18.3 Å². The molecule has 1 aliphatic carbocycles. The van der Waals surface area contributed by atoms with Gasteiger partial charge in [0.25, 0.3) is 0 Å². The molecule has 0 atom stereocenters. The molecule has 0 amide bonds. The Kier molecular flexibility index (Phi) is 3.89. The highest BCUT2D eigenvalue weighted by Gasteiger charge is 2.42. The summed E-state index contributed by atoms with van der Waals surface area (Å²) in [6.45, 7) is 0.420. The lowest BCUT2D eigenvalue weighted by Gasteiger charge is -2.45. The minimum atomic E-state index is -0.461. The molecule has 2 heterocycles. The maximum Gasteiger partial charge on any atom is 0.220 e. The number of benzene rings is 2. The molecule has 28 heavy (non-hydrogen) atoms. The summed E-state index contributed by atoms with van der Waals surface area (Å²) in [5.74, 6) is 2.87. The lowest BCUT2D eigenvalue weighted by molar-refractivity contribution is 0.303. The molecule has 2 aromatic carbocycles. The molecule has 5 rings (SSSR count). The molecule has 0 unspecified atom stereocenters. The molecule has 0 radical (unpaired) electrons. The number of nitrogens with two attached hydrogens (primary N) is 2. The van der Waals surface area contributed by atoms with E-state index in [1.165, 1.54) is 6.42 Å². The van der Waals surface area contributed by atoms with Crippen LogP contribution in [0.5, 0.6) is 17.2 Å². The van der Waals surface area contributed by atoms with E-state index in [9.17, 15) is 0 Å². The average molecular weight is 377 g/mol. The summed E-state index contributed by atoms with van der Waals surface area (Å²) in [6, 6.07) is 13.7. The van der Waals surface area contributed by atoms with Gasteiger partial charge in [-0.1, -0.05) is 18.6 Å². The van der Waals surface area contributed by atoms with Crippen LogP contribution in [0.15, 0.2) is 52.4 Å². The van der Waals surface area contributed by atoms with Crippen LogP contribution in [0.4, 0.5) is 5.69 Å². The fraction of sp³-hybridized carbons (Fsp3) is 0.333. The Labute approximate surface area is 163 Å². The minimum Gasteiger partial charge on any atom is -0.485 e. The SMILES string of the molecule is NC1=NC2(CCCCC2)N(c2ccc3c(c2)COc2ccccc2O3)C(N)=N1. The van der Waals surface area contributed by atoms with Crippen molar-refractivity contribution in [2.45, 2.75) is 44.4 Å². The van der Waals surface area contributed by atoms with E-state index in [-0.39, 0.29) is 5.96 Å². The highest BCUT2D eigenvalue weighted by Crippen LogP contribution is 2.42. The summed E-state index contributed by atoms with van der Waals surface area (Å²) in [6.07, 6.45) is 5.19. The van der Waals surface area contributed by atoms with Crippen molar-refractivity contribution in [1.82, 2.24) is 0 Å². The molecule has 3 aliphatic rings. The van der Waals surface area contributed by atoms with Gasteiger partial charge in [-0.05, 0) is 56.0 Å². The van der Waals surface area contributed by atoms with Crippen molar-refractivity contribution in [3.8, 4) is 17.2 Å². The zero-order chi connectivity index (χ0) is 19.1. The number of hydrogen-bond acceptors (Lipinski definition) is 7. The number of rotatable bonds is 1.